The molecule has 1 aromatic rings. The highest BCUT2D eigenvalue weighted by atomic mass is 16.5. The third kappa shape index (κ3) is 1.92. The summed E-state index contributed by atoms with van der Waals surface area (Å²) in [5.74, 6) is 2.60. The van der Waals surface area contributed by atoms with E-state index in [2.05, 4.69) is 11.0 Å². The Hall–Kier alpha value is -1.38. The van der Waals surface area contributed by atoms with Crippen LogP contribution in [0.3, 0.4) is 0 Å². The molecule has 0 amide bonds. The molecular weight excluding hydrogens is 224 g/mol. The SMILES string of the molecule is CCOc1cccc(N2CC3CCCC3C2)c1N. The van der Waals surface area contributed by atoms with Crippen molar-refractivity contribution in [3.05, 3.63) is 18.2 Å². The van der Waals surface area contributed by atoms with E-state index in [1.165, 1.54) is 32.4 Å². The summed E-state index contributed by atoms with van der Waals surface area (Å²) in [6.07, 6.45) is 4.20. The predicted octanol–water partition coefficient (Wildman–Crippen LogP) is 2.90. The minimum atomic E-state index is 0.666. The molecule has 1 aliphatic carbocycles. The number of hydrogen-bond acceptors (Lipinski definition) is 3. The quantitative estimate of drug-likeness (QED) is 0.833. The van der Waals surface area contributed by atoms with Crippen molar-refractivity contribution in [2.75, 3.05) is 30.3 Å². The van der Waals surface area contributed by atoms with Gasteiger partial charge < -0.3 is 15.4 Å². The van der Waals surface area contributed by atoms with Gasteiger partial charge in [-0.05, 0) is 43.7 Å². The Bertz CT molecular complexity index is 421. The second-order valence-electron chi connectivity index (χ2n) is 5.48. The van der Waals surface area contributed by atoms with Gasteiger partial charge in [-0.25, -0.2) is 0 Å². The molecule has 98 valence electrons. The van der Waals surface area contributed by atoms with Crippen LogP contribution in [0, 0.1) is 11.8 Å². The van der Waals surface area contributed by atoms with Gasteiger partial charge in [0.1, 0.15) is 5.75 Å². The Kier molecular flexibility index (Phi) is 3.06. The number of rotatable bonds is 3. The molecule has 2 N–H and O–H groups in total. The maximum atomic E-state index is 6.23. The van der Waals surface area contributed by atoms with Gasteiger partial charge in [-0.1, -0.05) is 12.5 Å². The van der Waals surface area contributed by atoms with Crippen molar-refractivity contribution < 1.29 is 4.74 Å². The van der Waals surface area contributed by atoms with Gasteiger partial charge in [0.2, 0.25) is 0 Å². The van der Waals surface area contributed by atoms with Crippen LogP contribution in [-0.4, -0.2) is 19.7 Å². The summed E-state index contributed by atoms with van der Waals surface area (Å²) >= 11 is 0. The average molecular weight is 246 g/mol. The average Bonchev–Trinajstić information content (AvgIpc) is 2.92. The molecule has 1 saturated carbocycles. The number of nitrogens with two attached hydrogens (primary N) is 1. The van der Waals surface area contributed by atoms with E-state index >= 15 is 0 Å². The Morgan fingerprint density at radius 2 is 2.00 bits per heavy atom. The number of hydrogen-bond donors (Lipinski definition) is 1. The minimum Gasteiger partial charge on any atom is -0.492 e. The van der Waals surface area contributed by atoms with Gasteiger partial charge in [0.05, 0.1) is 18.0 Å². The first-order valence-corrected chi connectivity index (χ1v) is 7.05. The first-order chi connectivity index (χ1) is 8.79. The molecule has 3 rings (SSSR count). The number of fused-ring (bicyclic) bond motifs is 1. The van der Waals surface area contributed by atoms with Crippen LogP contribution < -0.4 is 15.4 Å². The highest BCUT2D eigenvalue weighted by molar-refractivity contribution is 5.74. The lowest BCUT2D eigenvalue weighted by atomic mass is 10.0. The van der Waals surface area contributed by atoms with Gasteiger partial charge in [-0.15, -0.1) is 0 Å². The summed E-state index contributed by atoms with van der Waals surface area (Å²) in [6, 6.07) is 6.13. The third-order valence-electron chi connectivity index (χ3n) is 4.41. The lowest BCUT2D eigenvalue weighted by molar-refractivity contribution is 0.342. The molecule has 0 spiro atoms. The molecule has 0 aromatic heterocycles. The van der Waals surface area contributed by atoms with Crippen LogP contribution in [0.1, 0.15) is 26.2 Å². The Morgan fingerprint density at radius 1 is 1.28 bits per heavy atom. The van der Waals surface area contributed by atoms with Crippen molar-refractivity contribution in [1.29, 1.82) is 0 Å². The summed E-state index contributed by atoms with van der Waals surface area (Å²) in [7, 11) is 0. The van der Waals surface area contributed by atoms with Crippen LogP contribution >= 0.6 is 0 Å². The van der Waals surface area contributed by atoms with E-state index in [1.54, 1.807) is 0 Å². The first kappa shape index (κ1) is 11.7. The topological polar surface area (TPSA) is 38.5 Å². The van der Waals surface area contributed by atoms with Crippen molar-refractivity contribution in [3.8, 4) is 5.75 Å². The summed E-state index contributed by atoms with van der Waals surface area (Å²) in [5, 5.41) is 0. The Morgan fingerprint density at radius 3 is 2.67 bits per heavy atom. The van der Waals surface area contributed by atoms with E-state index in [0.29, 0.717) is 6.61 Å². The number of nitrogens with zero attached hydrogens (tertiary/aromatic N) is 1. The molecule has 1 heterocycles. The van der Waals surface area contributed by atoms with E-state index in [0.717, 1.165) is 29.0 Å². The second kappa shape index (κ2) is 4.71. The molecule has 2 fully saturated rings. The van der Waals surface area contributed by atoms with Crippen LogP contribution in [0.15, 0.2) is 18.2 Å². The van der Waals surface area contributed by atoms with Crippen LogP contribution in [0.4, 0.5) is 11.4 Å². The summed E-state index contributed by atoms with van der Waals surface area (Å²) < 4.78 is 5.58. The fourth-order valence-corrected chi connectivity index (χ4v) is 3.52. The third-order valence-corrected chi connectivity index (χ3v) is 4.41. The van der Waals surface area contributed by atoms with Crippen LogP contribution in [0.25, 0.3) is 0 Å². The lowest BCUT2D eigenvalue weighted by Crippen LogP contribution is -2.22. The van der Waals surface area contributed by atoms with Gasteiger partial charge >= 0.3 is 0 Å². The number of benzene rings is 1. The zero-order valence-electron chi connectivity index (χ0n) is 11.1. The number of ether oxygens (including phenoxy) is 1. The Labute approximate surface area is 109 Å². The van der Waals surface area contributed by atoms with Crippen molar-refractivity contribution >= 4 is 11.4 Å². The van der Waals surface area contributed by atoms with E-state index in [-0.39, 0.29) is 0 Å². The van der Waals surface area contributed by atoms with Gasteiger partial charge in [-0.3, -0.25) is 0 Å². The zero-order valence-corrected chi connectivity index (χ0v) is 11.1. The summed E-state index contributed by atoms with van der Waals surface area (Å²) in [5.41, 5.74) is 8.20. The van der Waals surface area contributed by atoms with Crippen molar-refractivity contribution in [1.82, 2.24) is 0 Å². The molecule has 1 aliphatic heterocycles. The number of anilines is 2. The molecule has 18 heavy (non-hydrogen) atoms. The molecule has 1 saturated heterocycles. The molecule has 0 bridgehead atoms. The fourth-order valence-electron chi connectivity index (χ4n) is 3.52. The highest BCUT2D eigenvalue weighted by Gasteiger charge is 2.36. The molecule has 3 heteroatoms. The summed E-state index contributed by atoms with van der Waals surface area (Å²) in [6.45, 7) is 5.00. The fraction of sp³-hybridized carbons (Fsp3) is 0.600. The normalized spacial score (nSPS) is 26.4. The van der Waals surface area contributed by atoms with E-state index in [4.69, 9.17) is 10.5 Å². The zero-order chi connectivity index (χ0) is 12.5. The van der Waals surface area contributed by atoms with Gasteiger partial charge in [0.25, 0.3) is 0 Å². The van der Waals surface area contributed by atoms with Crippen LogP contribution in [0.2, 0.25) is 0 Å². The van der Waals surface area contributed by atoms with E-state index in [9.17, 15) is 0 Å². The van der Waals surface area contributed by atoms with Crippen LogP contribution in [-0.2, 0) is 0 Å². The number of para-hydroxylation sites is 1. The largest absolute Gasteiger partial charge is 0.492 e. The molecule has 2 unspecified atom stereocenters. The maximum Gasteiger partial charge on any atom is 0.144 e. The number of nitrogen functional groups attached to an aromatic ring is 1. The van der Waals surface area contributed by atoms with Gasteiger partial charge in [0.15, 0.2) is 0 Å². The molecule has 2 aliphatic rings. The maximum absolute atomic E-state index is 6.23. The lowest BCUT2D eigenvalue weighted by Gasteiger charge is -2.22. The minimum absolute atomic E-state index is 0.666. The first-order valence-electron chi connectivity index (χ1n) is 7.05. The van der Waals surface area contributed by atoms with Crippen LogP contribution in [0.5, 0.6) is 5.75 Å². The molecule has 3 nitrogen and oxygen atoms in total. The second-order valence-corrected chi connectivity index (χ2v) is 5.48. The van der Waals surface area contributed by atoms with E-state index in [1.807, 2.05) is 19.1 Å². The molecular formula is C15H22N2O. The van der Waals surface area contributed by atoms with Crippen molar-refractivity contribution in [3.63, 3.8) is 0 Å². The summed E-state index contributed by atoms with van der Waals surface area (Å²) in [4.78, 5) is 2.45. The van der Waals surface area contributed by atoms with Crippen molar-refractivity contribution in [2.24, 2.45) is 11.8 Å². The van der Waals surface area contributed by atoms with Gasteiger partial charge in [0, 0.05) is 13.1 Å². The molecule has 2 atom stereocenters. The molecule has 0 radical (unpaired) electrons. The van der Waals surface area contributed by atoms with E-state index < -0.39 is 0 Å². The smallest absolute Gasteiger partial charge is 0.144 e. The highest BCUT2D eigenvalue weighted by Crippen LogP contribution is 2.42. The van der Waals surface area contributed by atoms with Crippen molar-refractivity contribution in [2.45, 2.75) is 26.2 Å². The standard InChI is InChI=1S/C15H22N2O/c1-2-18-14-8-4-7-13(15(14)16)17-9-11-5-3-6-12(11)10-17/h4,7-8,11-12H,2-3,5-6,9-10,16H2,1H3. The molecule has 1 aromatic carbocycles. The Balaban J connectivity index is 1.82. The van der Waals surface area contributed by atoms with Gasteiger partial charge in [-0.2, -0.15) is 0 Å². The monoisotopic (exact) mass is 246 g/mol. The predicted molar refractivity (Wildman–Crippen MR) is 75.1 cm³/mol.